The van der Waals surface area contributed by atoms with Gasteiger partial charge in [0.15, 0.2) is 0 Å². The smallest absolute Gasteiger partial charge is 0.119 e. The van der Waals surface area contributed by atoms with Crippen molar-refractivity contribution in [2.45, 2.75) is 57.5 Å². The van der Waals surface area contributed by atoms with Crippen LogP contribution in [0.25, 0.3) is 10.9 Å². The normalized spacial score (nSPS) is 21.3. The van der Waals surface area contributed by atoms with Crippen LogP contribution in [0.5, 0.6) is 5.75 Å². The molecule has 0 aliphatic carbocycles. The van der Waals surface area contributed by atoms with Crippen LogP contribution in [-0.4, -0.2) is 23.0 Å². The minimum Gasteiger partial charge on any atom is -0.493 e. The van der Waals surface area contributed by atoms with Gasteiger partial charge in [0.2, 0.25) is 0 Å². The number of benzene rings is 2. The zero-order valence-electron chi connectivity index (χ0n) is 17.4. The molecule has 4 heteroatoms. The molecule has 3 nitrogen and oxygen atoms in total. The summed E-state index contributed by atoms with van der Waals surface area (Å²) in [6.07, 6.45) is 5.82. The van der Waals surface area contributed by atoms with Gasteiger partial charge >= 0.3 is 0 Å². The molecule has 2 heterocycles. The molecule has 0 saturated heterocycles. The molecule has 2 unspecified atom stereocenters. The predicted molar refractivity (Wildman–Crippen MR) is 125 cm³/mol. The van der Waals surface area contributed by atoms with Crippen LogP contribution in [-0.2, 0) is 12.0 Å². The van der Waals surface area contributed by atoms with Crippen molar-refractivity contribution < 1.29 is 4.74 Å². The second-order valence-corrected chi connectivity index (χ2v) is 8.99. The van der Waals surface area contributed by atoms with Crippen LogP contribution in [0.3, 0.4) is 0 Å². The molecule has 0 bridgehead atoms. The summed E-state index contributed by atoms with van der Waals surface area (Å²) in [7, 11) is 0. The number of nitrogens with one attached hydrogen (secondary N) is 2. The highest BCUT2D eigenvalue weighted by atomic mass is 79.9. The van der Waals surface area contributed by atoms with Crippen molar-refractivity contribution in [1.82, 2.24) is 10.3 Å². The van der Waals surface area contributed by atoms with Crippen LogP contribution in [0, 0.1) is 0 Å². The Labute approximate surface area is 182 Å². The summed E-state index contributed by atoms with van der Waals surface area (Å²) in [5.41, 5.74) is 5.20. The first kappa shape index (κ1) is 20.5. The van der Waals surface area contributed by atoms with Crippen molar-refractivity contribution >= 4 is 26.8 Å². The van der Waals surface area contributed by atoms with E-state index in [9.17, 15) is 0 Å². The van der Waals surface area contributed by atoms with Crippen LogP contribution in [0.15, 0.2) is 48.5 Å². The number of ether oxygens (including phenoxy) is 1. The molecule has 0 spiro atoms. The van der Waals surface area contributed by atoms with Gasteiger partial charge in [-0.1, -0.05) is 72.4 Å². The molecule has 29 heavy (non-hydrogen) atoms. The van der Waals surface area contributed by atoms with Gasteiger partial charge in [0.1, 0.15) is 5.75 Å². The minimum absolute atomic E-state index is 0.185. The van der Waals surface area contributed by atoms with Crippen molar-refractivity contribution in [3.63, 3.8) is 0 Å². The average molecular weight is 455 g/mol. The van der Waals surface area contributed by atoms with Gasteiger partial charge in [0, 0.05) is 28.0 Å². The number of H-pyrrole nitrogens is 1. The lowest BCUT2D eigenvalue weighted by molar-refractivity contribution is 0.291. The first-order chi connectivity index (χ1) is 14.2. The molecule has 4 rings (SSSR count). The molecular weight excluding hydrogens is 424 g/mol. The Bertz CT molecular complexity index is 949. The minimum atomic E-state index is -0.185. The summed E-state index contributed by atoms with van der Waals surface area (Å²) in [4.78, 5) is 3.80. The Kier molecular flexibility index (Phi) is 6.31. The quantitative estimate of drug-likeness (QED) is 0.309. The highest BCUT2D eigenvalue weighted by Crippen LogP contribution is 2.43. The van der Waals surface area contributed by atoms with E-state index in [4.69, 9.17) is 4.74 Å². The number of alkyl halides is 1. The lowest BCUT2D eigenvalue weighted by atomic mass is 9.76. The molecule has 2 aromatic carbocycles. The maximum atomic E-state index is 5.79. The standard InChI is InChI=1S/C25H31BrN2O/c1-3-4-7-14-25(19-10-12-20(13-11-19)29-16-15-26)24-22(17-18(2)28-25)21-8-5-6-9-23(21)27-24/h5-6,8-13,18,27-28H,3-4,7,14-17H2,1-2H3. The Balaban J connectivity index is 1.81. The molecule has 0 saturated carbocycles. The fourth-order valence-electron chi connectivity index (χ4n) is 4.83. The number of aromatic amines is 1. The van der Waals surface area contributed by atoms with Gasteiger partial charge < -0.3 is 9.72 Å². The second kappa shape index (κ2) is 8.93. The van der Waals surface area contributed by atoms with Gasteiger partial charge in [-0.3, -0.25) is 5.32 Å². The van der Waals surface area contributed by atoms with Gasteiger partial charge in [0.05, 0.1) is 12.1 Å². The maximum Gasteiger partial charge on any atom is 0.119 e. The number of rotatable bonds is 8. The number of para-hydroxylation sites is 1. The van der Waals surface area contributed by atoms with Crippen molar-refractivity contribution in [3.8, 4) is 5.75 Å². The number of hydrogen-bond donors (Lipinski definition) is 2. The molecule has 2 N–H and O–H groups in total. The van der Waals surface area contributed by atoms with Crippen molar-refractivity contribution in [3.05, 3.63) is 65.4 Å². The average Bonchev–Trinajstić information content (AvgIpc) is 3.12. The number of unbranched alkanes of at least 4 members (excludes halogenated alkanes) is 2. The van der Waals surface area contributed by atoms with E-state index in [-0.39, 0.29) is 5.54 Å². The Morgan fingerprint density at radius 1 is 1.10 bits per heavy atom. The number of halogens is 1. The van der Waals surface area contributed by atoms with E-state index in [1.165, 1.54) is 47.0 Å². The SMILES string of the molecule is CCCCCC1(c2ccc(OCCBr)cc2)NC(C)Cc2c1[nH]c1ccccc21. The first-order valence-electron chi connectivity index (χ1n) is 10.8. The maximum absolute atomic E-state index is 5.79. The van der Waals surface area contributed by atoms with Crippen molar-refractivity contribution in [2.24, 2.45) is 0 Å². The molecule has 1 aliphatic rings. The molecule has 0 radical (unpaired) electrons. The monoisotopic (exact) mass is 454 g/mol. The van der Waals surface area contributed by atoms with Gasteiger partial charge in [0.25, 0.3) is 0 Å². The third kappa shape index (κ3) is 3.97. The van der Waals surface area contributed by atoms with E-state index >= 15 is 0 Å². The molecular formula is C25H31BrN2O. The summed E-state index contributed by atoms with van der Waals surface area (Å²) in [6, 6.07) is 17.9. The lowest BCUT2D eigenvalue weighted by Crippen LogP contribution is -2.52. The van der Waals surface area contributed by atoms with Crippen LogP contribution >= 0.6 is 15.9 Å². The Hall–Kier alpha value is -1.78. The highest BCUT2D eigenvalue weighted by molar-refractivity contribution is 9.09. The highest BCUT2D eigenvalue weighted by Gasteiger charge is 2.42. The number of aromatic nitrogens is 1. The molecule has 0 amide bonds. The van der Waals surface area contributed by atoms with Crippen LogP contribution in [0.2, 0.25) is 0 Å². The fourth-order valence-corrected chi connectivity index (χ4v) is 4.99. The molecule has 2 atom stereocenters. The third-order valence-corrected chi connectivity index (χ3v) is 6.42. The largest absolute Gasteiger partial charge is 0.493 e. The van der Waals surface area contributed by atoms with E-state index in [0.29, 0.717) is 12.6 Å². The summed E-state index contributed by atoms with van der Waals surface area (Å²) >= 11 is 3.43. The molecule has 1 aliphatic heterocycles. The van der Waals surface area contributed by atoms with Crippen molar-refractivity contribution in [2.75, 3.05) is 11.9 Å². The summed E-state index contributed by atoms with van der Waals surface area (Å²) < 4.78 is 5.79. The van der Waals surface area contributed by atoms with Crippen LogP contribution in [0.1, 0.15) is 56.4 Å². The lowest BCUT2D eigenvalue weighted by Gasteiger charge is -2.42. The van der Waals surface area contributed by atoms with Gasteiger partial charge in [-0.15, -0.1) is 0 Å². The molecule has 3 aromatic rings. The molecule has 0 fully saturated rings. The van der Waals surface area contributed by atoms with E-state index in [0.717, 1.165) is 23.9 Å². The number of hydrogen-bond acceptors (Lipinski definition) is 2. The topological polar surface area (TPSA) is 37.0 Å². The fraction of sp³-hybridized carbons (Fsp3) is 0.440. The Morgan fingerprint density at radius 2 is 1.90 bits per heavy atom. The van der Waals surface area contributed by atoms with Crippen LogP contribution < -0.4 is 10.1 Å². The van der Waals surface area contributed by atoms with E-state index in [1.54, 1.807) is 0 Å². The van der Waals surface area contributed by atoms with Crippen molar-refractivity contribution in [1.29, 1.82) is 0 Å². The predicted octanol–water partition coefficient (Wildman–Crippen LogP) is 6.30. The van der Waals surface area contributed by atoms with E-state index in [2.05, 4.69) is 88.6 Å². The summed E-state index contributed by atoms with van der Waals surface area (Å²) in [5.74, 6) is 0.928. The Morgan fingerprint density at radius 3 is 2.66 bits per heavy atom. The molecule has 154 valence electrons. The van der Waals surface area contributed by atoms with Gasteiger partial charge in [-0.2, -0.15) is 0 Å². The third-order valence-electron chi connectivity index (χ3n) is 6.09. The summed E-state index contributed by atoms with van der Waals surface area (Å²) in [5, 5.41) is 6.21. The van der Waals surface area contributed by atoms with Crippen LogP contribution in [0.4, 0.5) is 0 Å². The zero-order chi connectivity index (χ0) is 20.3. The number of fused-ring (bicyclic) bond motifs is 3. The van der Waals surface area contributed by atoms with Gasteiger partial charge in [-0.05, 0) is 49.1 Å². The van der Waals surface area contributed by atoms with Gasteiger partial charge in [-0.25, -0.2) is 0 Å². The van der Waals surface area contributed by atoms with E-state index in [1.807, 2.05) is 0 Å². The molecule has 1 aromatic heterocycles. The second-order valence-electron chi connectivity index (χ2n) is 8.20. The van der Waals surface area contributed by atoms with E-state index < -0.39 is 0 Å². The zero-order valence-corrected chi connectivity index (χ0v) is 19.0. The summed E-state index contributed by atoms with van der Waals surface area (Å²) in [6.45, 7) is 5.27. The first-order valence-corrected chi connectivity index (χ1v) is 12.0.